The molecule has 3 rings (SSSR count). The quantitative estimate of drug-likeness (QED) is 0.716. The Labute approximate surface area is 156 Å². The summed E-state index contributed by atoms with van der Waals surface area (Å²) < 4.78 is 2.93. The van der Waals surface area contributed by atoms with Crippen molar-refractivity contribution in [2.24, 2.45) is 17.3 Å². The zero-order chi connectivity index (χ0) is 19.8. The summed E-state index contributed by atoms with van der Waals surface area (Å²) in [6.07, 6.45) is 0. The first-order valence-corrected chi connectivity index (χ1v) is 8.50. The zero-order valence-corrected chi connectivity index (χ0v) is 16.0. The Morgan fingerprint density at radius 1 is 1.19 bits per heavy atom. The fourth-order valence-corrected chi connectivity index (χ4v) is 2.77. The predicted octanol–water partition coefficient (Wildman–Crippen LogP) is 3.79. The molecule has 0 aliphatic heterocycles. The maximum absolute atomic E-state index is 12.7. The standard InChI is InChI=1S/C19H21N7O/c1-12-15(18(27)26(23-12)13-9-7-6-8-10-13)21-22-17-14(11-20)16(19(2,3)4)24-25(17)5/h6-10,23H,1-5H3. The predicted molar refractivity (Wildman–Crippen MR) is 102 cm³/mol. The smallest absolute Gasteiger partial charge is 0.293 e. The van der Waals surface area contributed by atoms with Gasteiger partial charge in [0.15, 0.2) is 11.5 Å². The van der Waals surface area contributed by atoms with Crippen LogP contribution in [-0.2, 0) is 12.5 Å². The number of para-hydroxylation sites is 1. The van der Waals surface area contributed by atoms with E-state index in [0.29, 0.717) is 28.5 Å². The molecule has 1 aromatic carbocycles. The molecule has 0 saturated heterocycles. The molecule has 0 aliphatic rings. The number of benzene rings is 1. The number of hydrogen-bond acceptors (Lipinski definition) is 5. The van der Waals surface area contributed by atoms with E-state index < -0.39 is 0 Å². The van der Waals surface area contributed by atoms with Gasteiger partial charge in [0.05, 0.1) is 17.1 Å². The van der Waals surface area contributed by atoms with E-state index in [2.05, 4.69) is 26.5 Å². The van der Waals surface area contributed by atoms with Crippen molar-refractivity contribution in [1.29, 1.82) is 5.26 Å². The number of H-pyrrole nitrogens is 1. The first-order chi connectivity index (χ1) is 12.7. The van der Waals surface area contributed by atoms with Crippen molar-refractivity contribution in [2.75, 3.05) is 0 Å². The lowest BCUT2D eigenvalue weighted by Gasteiger charge is -2.14. The Morgan fingerprint density at radius 2 is 1.85 bits per heavy atom. The molecule has 27 heavy (non-hydrogen) atoms. The molecule has 0 saturated carbocycles. The van der Waals surface area contributed by atoms with Crippen LogP contribution in [0.4, 0.5) is 11.5 Å². The van der Waals surface area contributed by atoms with Gasteiger partial charge in [0.2, 0.25) is 0 Å². The van der Waals surface area contributed by atoms with Crippen LogP contribution in [0.15, 0.2) is 45.4 Å². The molecule has 0 unspecified atom stereocenters. The number of aromatic amines is 1. The second kappa shape index (κ2) is 6.68. The van der Waals surface area contributed by atoms with Gasteiger partial charge in [-0.05, 0) is 19.1 Å². The number of nitriles is 1. The minimum atomic E-state index is -0.306. The molecule has 8 nitrogen and oxygen atoms in total. The van der Waals surface area contributed by atoms with Gasteiger partial charge >= 0.3 is 0 Å². The molecule has 0 atom stereocenters. The second-order valence-electron chi connectivity index (χ2n) is 7.29. The normalized spacial score (nSPS) is 11.9. The molecule has 2 aromatic heterocycles. The highest BCUT2D eigenvalue weighted by Crippen LogP contribution is 2.31. The van der Waals surface area contributed by atoms with Gasteiger partial charge in [-0.3, -0.25) is 9.89 Å². The van der Waals surface area contributed by atoms with Gasteiger partial charge in [-0.2, -0.15) is 10.4 Å². The number of nitrogens with one attached hydrogen (secondary N) is 1. The lowest BCUT2D eigenvalue weighted by molar-refractivity contribution is 0.552. The summed E-state index contributed by atoms with van der Waals surface area (Å²) in [4.78, 5) is 12.7. The number of hydrogen-bond donors (Lipinski definition) is 1. The van der Waals surface area contributed by atoms with Crippen LogP contribution in [0, 0.1) is 18.3 Å². The van der Waals surface area contributed by atoms with E-state index >= 15 is 0 Å². The molecule has 8 heteroatoms. The molecule has 0 fully saturated rings. The molecule has 0 radical (unpaired) electrons. The third-order valence-corrected chi connectivity index (χ3v) is 4.14. The first kappa shape index (κ1) is 18.3. The summed E-state index contributed by atoms with van der Waals surface area (Å²) in [5.41, 5.74) is 1.89. The Balaban J connectivity index is 2.07. The van der Waals surface area contributed by atoms with Crippen molar-refractivity contribution in [1.82, 2.24) is 19.6 Å². The summed E-state index contributed by atoms with van der Waals surface area (Å²) in [6, 6.07) is 11.4. The number of aromatic nitrogens is 4. The summed E-state index contributed by atoms with van der Waals surface area (Å²) >= 11 is 0. The van der Waals surface area contributed by atoms with Crippen molar-refractivity contribution in [3.8, 4) is 11.8 Å². The number of nitrogens with zero attached hydrogens (tertiary/aromatic N) is 6. The van der Waals surface area contributed by atoms with Gasteiger partial charge in [0.25, 0.3) is 5.56 Å². The fraction of sp³-hybridized carbons (Fsp3) is 0.316. The molecular weight excluding hydrogens is 342 g/mol. The summed E-state index contributed by atoms with van der Waals surface area (Å²) in [6.45, 7) is 7.69. The molecule has 2 heterocycles. The van der Waals surface area contributed by atoms with Crippen LogP contribution >= 0.6 is 0 Å². The van der Waals surface area contributed by atoms with Crippen LogP contribution in [0.5, 0.6) is 0 Å². The second-order valence-corrected chi connectivity index (χ2v) is 7.29. The van der Waals surface area contributed by atoms with Crippen molar-refractivity contribution in [3.63, 3.8) is 0 Å². The lowest BCUT2D eigenvalue weighted by Crippen LogP contribution is -2.14. The minimum Gasteiger partial charge on any atom is -0.293 e. The van der Waals surface area contributed by atoms with Gasteiger partial charge in [-0.15, -0.1) is 10.2 Å². The highest BCUT2D eigenvalue weighted by Gasteiger charge is 2.26. The van der Waals surface area contributed by atoms with Crippen molar-refractivity contribution in [2.45, 2.75) is 33.1 Å². The molecular formula is C19H21N7O. The van der Waals surface area contributed by atoms with Gasteiger partial charge in [-0.1, -0.05) is 39.0 Å². The average molecular weight is 363 g/mol. The molecule has 0 spiro atoms. The molecule has 0 bridgehead atoms. The average Bonchev–Trinajstić information content (AvgIpc) is 3.10. The molecule has 0 amide bonds. The molecule has 3 aromatic rings. The number of azo groups is 1. The summed E-state index contributed by atoms with van der Waals surface area (Å²) in [5.74, 6) is 0.327. The van der Waals surface area contributed by atoms with Crippen molar-refractivity contribution >= 4 is 11.5 Å². The van der Waals surface area contributed by atoms with Crippen LogP contribution in [0.25, 0.3) is 5.69 Å². The van der Waals surface area contributed by atoms with Crippen molar-refractivity contribution in [3.05, 3.63) is 57.6 Å². The third kappa shape index (κ3) is 3.31. The first-order valence-electron chi connectivity index (χ1n) is 8.50. The monoisotopic (exact) mass is 363 g/mol. The topological polar surface area (TPSA) is 104 Å². The Hall–Kier alpha value is -3.47. The molecule has 0 aliphatic carbocycles. The van der Waals surface area contributed by atoms with Crippen molar-refractivity contribution < 1.29 is 0 Å². The van der Waals surface area contributed by atoms with Gasteiger partial charge in [-0.25, -0.2) is 9.36 Å². The van der Waals surface area contributed by atoms with E-state index in [1.54, 1.807) is 14.0 Å². The highest BCUT2D eigenvalue weighted by molar-refractivity contribution is 5.53. The van der Waals surface area contributed by atoms with Gasteiger partial charge < -0.3 is 0 Å². The van der Waals surface area contributed by atoms with Gasteiger partial charge in [0.1, 0.15) is 11.6 Å². The number of aryl methyl sites for hydroxylation is 2. The van der Waals surface area contributed by atoms with Crippen LogP contribution < -0.4 is 5.56 Å². The Kier molecular flexibility index (Phi) is 4.54. The van der Waals surface area contributed by atoms with Crippen LogP contribution in [-0.4, -0.2) is 19.6 Å². The Bertz CT molecular complexity index is 1100. The number of rotatable bonds is 3. The SMILES string of the molecule is Cc1[nH]n(-c2ccccc2)c(=O)c1N=Nc1c(C#N)c(C(C)(C)C)nn1C. The van der Waals surface area contributed by atoms with Crippen LogP contribution in [0.2, 0.25) is 0 Å². The zero-order valence-electron chi connectivity index (χ0n) is 16.0. The van der Waals surface area contributed by atoms with E-state index in [9.17, 15) is 10.1 Å². The van der Waals surface area contributed by atoms with Crippen LogP contribution in [0.1, 0.15) is 37.7 Å². The lowest BCUT2D eigenvalue weighted by atomic mass is 9.90. The Morgan fingerprint density at radius 3 is 2.44 bits per heavy atom. The van der Waals surface area contributed by atoms with Crippen LogP contribution in [0.3, 0.4) is 0 Å². The minimum absolute atomic E-state index is 0.196. The largest absolute Gasteiger partial charge is 0.299 e. The maximum atomic E-state index is 12.7. The van der Waals surface area contributed by atoms with E-state index in [0.717, 1.165) is 0 Å². The summed E-state index contributed by atoms with van der Waals surface area (Å²) in [5, 5.41) is 25.3. The fourth-order valence-electron chi connectivity index (χ4n) is 2.77. The third-order valence-electron chi connectivity index (χ3n) is 4.14. The van der Waals surface area contributed by atoms with Gasteiger partial charge in [0, 0.05) is 12.5 Å². The van der Waals surface area contributed by atoms with E-state index in [1.807, 2.05) is 51.1 Å². The maximum Gasteiger partial charge on any atom is 0.299 e. The van der Waals surface area contributed by atoms with E-state index in [1.165, 1.54) is 9.36 Å². The summed E-state index contributed by atoms with van der Waals surface area (Å²) in [7, 11) is 1.71. The highest BCUT2D eigenvalue weighted by atomic mass is 16.1. The molecule has 138 valence electrons. The molecule has 1 N–H and O–H groups in total. The van der Waals surface area contributed by atoms with E-state index in [4.69, 9.17) is 0 Å². The van der Waals surface area contributed by atoms with E-state index in [-0.39, 0.29) is 16.7 Å².